The van der Waals surface area contributed by atoms with E-state index >= 15 is 0 Å². The van der Waals surface area contributed by atoms with E-state index in [1.165, 1.54) is 28.4 Å². The Balaban J connectivity index is 2.70. The molecule has 0 aromatic carbocycles. The molecule has 2 atom stereocenters. The Labute approximate surface area is 157 Å². The monoisotopic (exact) mass is 380 g/mol. The molecule has 8 heteroatoms. The number of hydrogen-bond donors (Lipinski definition) is 0. The molecule has 148 valence electrons. The van der Waals surface area contributed by atoms with Gasteiger partial charge in [0.05, 0.1) is 40.3 Å². The van der Waals surface area contributed by atoms with Crippen molar-refractivity contribution in [2.75, 3.05) is 28.4 Å². The summed E-state index contributed by atoms with van der Waals surface area (Å²) in [5, 5.41) is 0. The van der Waals surface area contributed by atoms with Gasteiger partial charge >= 0.3 is 23.9 Å². The fourth-order valence-electron chi connectivity index (χ4n) is 4.15. The fourth-order valence-corrected chi connectivity index (χ4v) is 4.15. The van der Waals surface area contributed by atoms with E-state index in [4.69, 9.17) is 18.9 Å². The molecular weight excluding hydrogens is 356 g/mol. The third-order valence-corrected chi connectivity index (χ3v) is 5.60. The van der Waals surface area contributed by atoms with E-state index in [1.54, 1.807) is 13.8 Å². The number of hydrogen-bond acceptors (Lipinski definition) is 8. The quantitative estimate of drug-likeness (QED) is 0.409. The highest BCUT2D eigenvalue weighted by atomic mass is 16.5. The molecule has 27 heavy (non-hydrogen) atoms. The Bertz CT molecular complexity index is 694. The molecule has 0 unspecified atom stereocenters. The van der Waals surface area contributed by atoms with E-state index in [9.17, 15) is 19.2 Å². The number of allylic oxidation sites excluding steroid dienone is 2. The van der Waals surface area contributed by atoms with Crippen LogP contribution in [0.4, 0.5) is 0 Å². The van der Waals surface area contributed by atoms with Crippen molar-refractivity contribution >= 4 is 23.9 Å². The molecule has 0 aromatic heterocycles. The van der Waals surface area contributed by atoms with Gasteiger partial charge in [-0.2, -0.15) is 0 Å². The molecule has 2 aliphatic carbocycles. The van der Waals surface area contributed by atoms with Gasteiger partial charge in [-0.25, -0.2) is 0 Å². The number of esters is 4. The number of carbonyl (C=O) groups is 4. The van der Waals surface area contributed by atoms with E-state index < -0.39 is 41.1 Å². The molecule has 0 amide bonds. The molecule has 1 saturated carbocycles. The summed E-state index contributed by atoms with van der Waals surface area (Å²) in [4.78, 5) is 49.8. The van der Waals surface area contributed by atoms with Gasteiger partial charge in [0.2, 0.25) is 0 Å². The summed E-state index contributed by atoms with van der Waals surface area (Å²) in [7, 11) is 4.88. The van der Waals surface area contributed by atoms with Gasteiger partial charge in [-0.05, 0) is 37.8 Å². The lowest BCUT2D eigenvalue weighted by Gasteiger charge is -2.31. The highest BCUT2D eigenvalue weighted by molar-refractivity contribution is 6.02. The first kappa shape index (κ1) is 20.7. The molecule has 0 N–H and O–H groups in total. The first-order valence-corrected chi connectivity index (χ1v) is 8.42. The number of rotatable bonds is 4. The van der Waals surface area contributed by atoms with Crippen molar-refractivity contribution < 1.29 is 38.1 Å². The van der Waals surface area contributed by atoms with Gasteiger partial charge < -0.3 is 18.9 Å². The lowest BCUT2D eigenvalue weighted by Crippen LogP contribution is -2.38. The van der Waals surface area contributed by atoms with E-state index in [-0.39, 0.29) is 12.8 Å². The van der Waals surface area contributed by atoms with E-state index in [0.717, 1.165) is 0 Å². The van der Waals surface area contributed by atoms with Crippen molar-refractivity contribution in [2.45, 2.75) is 26.7 Å². The molecule has 0 heterocycles. The van der Waals surface area contributed by atoms with Crippen molar-refractivity contribution in [1.29, 1.82) is 0 Å². The fraction of sp³-hybridized carbons (Fsp3) is 0.579. The summed E-state index contributed by atoms with van der Waals surface area (Å²) >= 11 is 0. The van der Waals surface area contributed by atoms with Crippen LogP contribution >= 0.6 is 0 Å². The maximum absolute atomic E-state index is 12.5. The summed E-state index contributed by atoms with van der Waals surface area (Å²) in [6.45, 7) is 3.40. The Kier molecular flexibility index (Phi) is 5.77. The minimum Gasteiger partial charge on any atom is -0.469 e. The molecule has 0 spiro atoms. The molecule has 8 nitrogen and oxygen atoms in total. The SMILES string of the molecule is COC(=O)[C@@H]1C(C)=C2CC(C(=O)OC)(C(=O)OC)CC2=C(C)[C@H]1C(=O)OC. The van der Waals surface area contributed by atoms with Gasteiger partial charge in [0, 0.05) is 0 Å². The van der Waals surface area contributed by atoms with Crippen LogP contribution in [-0.2, 0) is 38.1 Å². The van der Waals surface area contributed by atoms with Crippen LogP contribution in [0.1, 0.15) is 26.7 Å². The van der Waals surface area contributed by atoms with Gasteiger partial charge in [0.1, 0.15) is 0 Å². The average molecular weight is 380 g/mol. The van der Waals surface area contributed by atoms with Crippen molar-refractivity contribution in [2.24, 2.45) is 17.3 Å². The molecule has 2 rings (SSSR count). The van der Waals surface area contributed by atoms with Crippen LogP contribution in [0.5, 0.6) is 0 Å². The highest BCUT2D eigenvalue weighted by Gasteiger charge is 2.57. The Morgan fingerprint density at radius 1 is 0.704 bits per heavy atom. The molecular formula is C19H24O8. The molecule has 0 bridgehead atoms. The summed E-state index contributed by atoms with van der Waals surface area (Å²) in [6.07, 6.45) is 0.0679. The maximum atomic E-state index is 12.5. The largest absolute Gasteiger partial charge is 0.469 e. The van der Waals surface area contributed by atoms with Gasteiger partial charge in [-0.1, -0.05) is 11.1 Å². The molecule has 1 fully saturated rings. The summed E-state index contributed by atoms with van der Waals surface area (Å²) < 4.78 is 19.5. The van der Waals surface area contributed by atoms with Gasteiger partial charge in [0.25, 0.3) is 0 Å². The lowest BCUT2D eigenvalue weighted by atomic mass is 9.73. The third-order valence-electron chi connectivity index (χ3n) is 5.60. The number of ether oxygens (including phenoxy) is 4. The Hall–Kier alpha value is -2.64. The van der Waals surface area contributed by atoms with Crippen LogP contribution in [0.25, 0.3) is 0 Å². The second-order valence-corrected chi connectivity index (χ2v) is 6.74. The molecule has 0 saturated heterocycles. The van der Waals surface area contributed by atoms with Crippen LogP contribution in [0, 0.1) is 17.3 Å². The van der Waals surface area contributed by atoms with Crippen molar-refractivity contribution in [3.63, 3.8) is 0 Å². The smallest absolute Gasteiger partial charge is 0.323 e. The van der Waals surface area contributed by atoms with E-state index in [0.29, 0.717) is 22.3 Å². The number of carbonyl (C=O) groups excluding carboxylic acids is 4. The molecule has 0 aromatic rings. The highest BCUT2D eigenvalue weighted by Crippen LogP contribution is 2.54. The predicted octanol–water partition coefficient (Wildman–Crippen LogP) is 1.34. The first-order chi connectivity index (χ1) is 12.7. The minimum absolute atomic E-state index is 0.0340. The van der Waals surface area contributed by atoms with Crippen LogP contribution in [0.2, 0.25) is 0 Å². The Morgan fingerprint density at radius 3 is 1.30 bits per heavy atom. The average Bonchev–Trinajstić information content (AvgIpc) is 3.10. The zero-order chi connectivity index (χ0) is 20.5. The third kappa shape index (κ3) is 3.02. The summed E-state index contributed by atoms with van der Waals surface area (Å²) in [5.41, 5.74) is 0.973. The van der Waals surface area contributed by atoms with Crippen LogP contribution in [0.15, 0.2) is 22.3 Å². The van der Waals surface area contributed by atoms with Crippen LogP contribution in [0.3, 0.4) is 0 Å². The predicted molar refractivity (Wildman–Crippen MR) is 92.1 cm³/mol. The van der Waals surface area contributed by atoms with Crippen LogP contribution in [-0.4, -0.2) is 52.3 Å². The Morgan fingerprint density at radius 2 is 1.04 bits per heavy atom. The second-order valence-electron chi connectivity index (χ2n) is 6.74. The maximum Gasteiger partial charge on any atom is 0.323 e. The standard InChI is InChI=1S/C19H24O8/c1-9-11-7-19(17(22)26-5,18(23)27-6)8-12(11)10(2)14(16(21)25-4)13(9)15(20)24-3/h13-14H,7-8H2,1-6H3/t13-,14-/m1/s1. The number of methoxy groups -OCH3 is 4. The normalized spacial score (nSPS) is 23.5. The van der Waals surface area contributed by atoms with Crippen molar-refractivity contribution in [3.8, 4) is 0 Å². The van der Waals surface area contributed by atoms with Gasteiger partial charge in [-0.15, -0.1) is 0 Å². The number of fused-ring (bicyclic) bond motifs is 1. The zero-order valence-electron chi connectivity index (χ0n) is 16.3. The van der Waals surface area contributed by atoms with Crippen molar-refractivity contribution in [1.82, 2.24) is 0 Å². The minimum atomic E-state index is -1.54. The first-order valence-electron chi connectivity index (χ1n) is 8.42. The van der Waals surface area contributed by atoms with E-state index in [1.807, 2.05) is 0 Å². The zero-order valence-corrected chi connectivity index (χ0v) is 16.3. The summed E-state index contributed by atoms with van der Waals surface area (Å²) in [5.74, 6) is -4.35. The van der Waals surface area contributed by atoms with Gasteiger partial charge in [-0.3, -0.25) is 19.2 Å². The van der Waals surface area contributed by atoms with Crippen molar-refractivity contribution in [3.05, 3.63) is 22.3 Å². The molecule has 2 aliphatic rings. The molecule has 0 radical (unpaired) electrons. The van der Waals surface area contributed by atoms with E-state index in [2.05, 4.69) is 0 Å². The summed E-state index contributed by atoms with van der Waals surface area (Å²) in [6, 6.07) is 0. The second kappa shape index (κ2) is 7.54. The van der Waals surface area contributed by atoms with Crippen LogP contribution < -0.4 is 0 Å². The molecule has 0 aliphatic heterocycles. The van der Waals surface area contributed by atoms with Gasteiger partial charge in [0.15, 0.2) is 5.41 Å². The lowest BCUT2D eigenvalue weighted by molar-refractivity contribution is -0.168. The topological polar surface area (TPSA) is 105 Å².